The maximum Gasteiger partial charge on any atom is 0.180 e. The van der Waals surface area contributed by atoms with Crippen molar-refractivity contribution in [1.29, 1.82) is 0 Å². The van der Waals surface area contributed by atoms with Crippen LogP contribution in [-0.2, 0) is 5.60 Å². The van der Waals surface area contributed by atoms with Gasteiger partial charge < -0.3 is 10.8 Å². The molecule has 4 nitrogen and oxygen atoms in total. The maximum atomic E-state index is 10.5. The summed E-state index contributed by atoms with van der Waals surface area (Å²) in [6, 6.07) is 0.726. The van der Waals surface area contributed by atoms with E-state index in [1.54, 1.807) is 6.20 Å². The summed E-state index contributed by atoms with van der Waals surface area (Å²) in [5, 5.41) is 11.0. The summed E-state index contributed by atoms with van der Waals surface area (Å²) in [7, 11) is 0. The van der Waals surface area contributed by atoms with Crippen LogP contribution in [0.25, 0.3) is 0 Å². The third-order valence-electron chi connectivity index (χ3n) is 3.32. The Morgan fingerprint density at radius 1 is 1.60 bits per heavy atom. The number of likely N-dealkylation sites (tertiary alicyclic amines) is 1. The number of aliphatic hydroxyl groups is 1. The van der Waals surface area contributed by atoms with Gasteiger partial charge in [-0.05, 0) is 19.3 Å². The Kier molecular flexibility index (Phi) is 2.02. The van der Waals surface area contributed by atoms with E-state index in [1.165, 1.54) is 24.2 Å². The van der Waals surface area contributed by atoms with Crippen molar-refractivity contribution in [3.05, 3.63) is 11.1 Å². The van der Waals surface area contributed by atoms with Crippen LogP contribution in [0.1, 0.15) is 24.1 Å². The summed E-state index contributed by atoms with van der Waals surface area (Å²) in [6.07, 6.45) is 5.11. The molecular formula is C10H15N3OS. The zero-order valence-corrected chi connectivity index (χ0v) is 9.33. The molecule has 82 valence electrons. The van der Waals surface area contributed by atoms with Crippen LogP contribution in [0, 0.1) is 0 Å². The lowest BCUT2D eigenvalue weighted by Crippen LogP contribution is -2.31. The predicted octanol–water partition coefficient (Wildman–Crippen LogP) is 0.781. The van der Waals surface area contributed by atoms with Gasteiger partial charge in [-0.15, -0.1) is 0 Å². The summed E-state index contributed by atoms with van der Waals surface area (Å²) >= 11 is 1.41. The number of nitrogen functional groups attached to an aromatic ring is 1. The van der Waals surface area contributed by atoms with Crippen molar-refractivity contribution in [2.75, 3.05) is 18.8 Å². The normalized spacial score (nSPS) is 32.3. The van der Waals surface area contributed by atoms with E-state index < -0.39 is 5.60 Å². The molecule has 1 atom stereocenters. The number of rotatable bonds is 2. The van der Waals surface area contributed by atoms with Crippen molar-refractivity contribution in [1.82, 2.24) is 9.88 Å². The summed E-state index contributed by atoms with van der Waals surface area (Å²) < 4.78 is 0. The number of nitrogens with two attached hydrogens (primary N) is 1. The molecule has 0 spiro atoms. The van der Waals surface area contributed by atoms with Gasteiger partial charge in [0.2, 0.25) is 0 Å². The van der Waals surface area contributed by atoms with Gasteiger partial charge in [-0.25, -0.2) is 4.98 Å². The van der Waals surface area contributed by atoms with Gasteiger partial charge in [0.1, 0.15) is 5.60 Å². The molecule has 15 heavy (non-hydrogen) atoms. The van der Waals surface area contributed by atoms with E-state index in [0.717, 1.165) is 30.4 Å². The van der Waals surface area contributed by atoms with Crippen LogP contribution in [0.15, 0.2) is 6.20 Å². The summed E-state index contributed by atoms with van der Waals surface area (Å²) in [5.41, 5.74) is 4.90. The number of β-amino-alcohol motifs (C(OH)–C–C–N with tert-alkyl or cyclic N) is 1. The molecule has 2 fully saturated rings. The third-order valence-corrected chi connectivity index (χ3v) is 4.34. The van der Waals surface area contributed by atoms with Crippen LogP contribution in [0.4, 0.5) is 5.13 Å². The van der Waals surface area contributed by atoms with E-state index in [2.05, 4.69) is 9.88 Å². The number of hydrogen-bond donors (Lipinski definition) is 2. The fraction of sp³-hybridized carbons (Fsp3) is 0.700. The Morgan fingerprint density at radius 2 is 2.40 bits per heavy atom. The van der Waals surface area contributed by atoms with E-state index in [4.69, 9.17) is 5.73 Å². The summed E-state index contributed by atoms with van der Waals surface area (Å²) in [5.74, 6) is 0. The second-order valence-corrected chi connectivity index (χ2v) is 5.61. The molecule has 1 unspecified atom stereocenters. The van der Waals surface area contributed by atoms with Gasteiger partial charge in [0, 0.05) is 25.3 Å². The molecule has 1 saturated heterocycles. The second kappa shape index (κ2) is 3.17. The van der Waals surface area contributed by atoms with Crippen molar-refractivity contribution in [3.8, 4) is 0 Å². The fourth-order valence-corrected chi connectivity index (χ4v) is 3.07. The molecule has 0 aromatic carbocycles. The lowest BCUT2D eigenvalue weighted by molar-refractivity contribution is 0.0486. The highest BCUT2D eigenvalue weighted by Gasteiger charge is 2.43. The van der Waals surface area contributed by atoms with Gasteiger partial charge in [-0.1, -0.05) is 11.3 Å². The molecule has 1 aromatic rings. The van der Waals surface area contributed by atoms with Gasteiger partial charge in [-0.3, -0.25) is 4.90 Å². The van der Waals surface area contributed by atoms with E-state index in [1.807, 2.05) is 0 Å². The van der Waals surface area contributed by atoms with Crippen molar-refractivity contribution in [2.24, 2.45) is 0 Å². The summed E-state index contributed by atoms with van der Waals surface area (Å²) in [4.78, 5) is 7.31. The number of aromatic nitrogens is 1. The third kappa shape index (κ3) is 1.64. The Bertz CT molecular complexity index is 376. The minimum absolute atomic E-state index is 0.545. The highest BCUT2D eigenvalue weighted by Crippen LogP contribution is 2.40. The van der Waals surface area contributed by atoms with Crippen molar-refractivity contribution in [2.45, 2.75) is 30.9 Å². The Morgan fingerprint density at radius 3 is 3.00 bits per heavy atom. The molecular weight excluding hydrogens is 210 g/mol. The SMILES string of the molecule is Nc1ncc(C2(O)CCN(C3CC3)C2)s1. The first-order valence-corrected chi connectivity index (χ1v) is 6.17. The topological polar surface area (TPSA) is 62.4 Å². The van der Waals surface area contributed by atoms with Crippen LogP contribution >= 0.6 is 11.3 Å². The Hall–Kier alpha value is -0.650. The number of anilines is 1. The van der Waals surface area contributed by atoms with Crippen LogP contribution in [0.5, 0.6) is 0 Å². The minimum Gasteiger partial charge on any atom is -0.383 e. The predicted molar refractivity (Wildman–Crippen MR) is 59.6 cm³/mol. The molecule has 1 aliphatic heterocycles. The highest BCUT2D eigenvalue weighted by molar-refractivity contribution is 7.15. The molecule has 1 aromatic heterocycles. The van der Waals surface area contributed by atoms with Gasteiger partial charge in [-0.2, -0.15) is 0 Å². The zero-order chi connectivity index (χ0) is 10.5. The van der Waals surface area contributed by atoms with Crippen LogP contribution < -0.4 is 5.73 Å². The highest BCUT2D eigenvalue weighted by atomic mass is 32.1. The van der Waals surface area contributed by atoms with Crippen LogP contribution in [0.2, 0.25) is 0 Å². The van der Waals surface area contributed by atoms with E-state index in [0.29, 0.717) is 5.13 Å². The fourth-order valence-electron chi connectivity index (χ4n) is 2.28. The van der Waals surface area contributed by atoms with E-state index in [9.17, 15) is 5.11 Å². The first-order chi connectivity index (χ1) is 7.17. The summed E-state index contributed by atoms with van der Waals surface area (Å²) in [6.45, 7) is 1.75. The lowest BCUT2D eigenvalue weighted by Gasteiger charge is -2.21. The lowest BCUT2D eigenvalue weighted by atomic mass is 10.0. The van der Waals surface area contributed by atoms with E-state index in [-0.39, 0.29) is 0 Å². The van der Waals surface area contributed by atoms with Gasteiger partial charge in [0.15, 0.2) is 5.13 Å². The molecule has 1 aliphatic carbocycles. The average molecular weight is 225 g/mol. The average Bonchev–Trinajstić information content (AvgIpc) is 2.84. The second-order valence-electron chi connectivity index (χ2n) is 4.55. The smallest absolute Gasteiger partial charge is 0.180 e. The van der Waals surface area contributed by atoms with Crippen molar-refractivity contribution in [3.63, 3.8) is 0 Å². The molecule has 0 amide bonds. The molecule has 1 saturated carbocycles. The minimum atomic E-state index is -0.697. The van der Waals surface area contributed by atoms with Gasteiger partial charge in [0.05, 0.1) is 4.88 Å². The molecule has 0 radical (unpaired) electrons. The molecule has 2 heterocycles. The quantitative estimate of drug-likeness (QED) is 0.781. The standard InChI is InChI=1S/C10H15N3OS/c11-9-12-5-8(15-9)10(14)3-4-13(6-10)7-1-2-7/h5,7,14H,1-4,6H2,(H2,11,12). The van der Waals surface area contributed by atoms with E-state index >= 15 is 0 Å². The largest absolute Gasteiger partial charge is 0.383 e. The van der Waals surface area contributed by atoms with Crippen LogP contribution in [0.3, 0.4) is 0 Å². The maximum absolute atomic E-state index is 10.5. The zero-order valence-electron chi connectivity index (χ0n) is 8.52. The van der Waals surface area contributed by atoms with Crippen molar-refractivity contribution >= 4 is 16.5 Å². The first kappa shape index (κ1) is 9.57. The molecule has 3 N–H and O–H groups in total. The van der Waals surface area contributed by atoms with Crippen molar-refractivity contribution < 1.29 is 5.11 Å². The van der Waals surface area contributed by atoms with Crippen LogP contribution in [-0.4, -0.2) is 34.1 Å². The molecule has 2 aliphatic rings. The molecule has 5 heteroatoms. The number of thiazole rings is 1. The first-order valence-electron chi connectivity index (χ1n) is 5.36. The van der Waals surface area contributed by atoms with Gasteiger partial charge >= 0.3 is 0 Å². The number of nitrogens with zero attached hydrogens (tertiary/aromatic N) is 2. The Labute approximate surface area is 92.7 Å². The monoisotopic (exact) mass is 225 g/mol. The van der Waals surface area contributed by atoms with Gasteiger partial charge in [0.25, 0.3) is 0 Å². The molecule has 3 rings (SSSR count). The number of hydrogen-bond acceptors (Lipinski definition) is 5. The molecule has 0 bridgehead atoms. The Balaban J connectivity index is 1.79.